The molecule has 6 heterocycles. The SMILES string of the molecule is Cc1cc(-c2cc3ccccc3c3c2oc2ccccc23)c(C)cc1-c1cnc2c3ccccc3c3ccccc3c2n1.c1cc(-c2cccc(-c3cc4ccccc4c4c3oc3ccccc34)c2)cc(-c2cnc3c4ccccc4c4ccccc4c3n2)c1.c1ccc(-c2ccccc2-c2cc3ccccc3c3c2oc2ccccc23)c(-c2cnc3c4ccccc4c4ccccc4c3n2)c1. The molecule has 0 amide bonds. The Morgan fingerprint density at radius 3 is 0.847 bits per heavy atom. The van der Waals surface area contributed by atoms with Crippen LogP contribution in [0.1, 0.15) is 11.1 Å². The van der Waals surface area contributed by atoms with Crippen molar-refractivity contribution in [3.8, 4) is 89.4 Å². The third kappa shape index (κ3) is 12.8. The topological polar surface area (TPSA) is 117 Å². The minimum Gasteiger partial charge on any atom is -0.455 e. The Labute approximate surface area is 785 Å². The first kappa shape index (κ1) is 78.6. The van der Waals surface area contributed by atoms with E-state index in [2.05, 4.69) is 414 Å². The molecule has 6 aromatic heterocycles. The van der Waals surface area contributed by atoms with Crippen LogP contribution in [0.3, 0.4) is 0 Å². The van der Waals surface area contributed by atoms with Crippen molar-refractivity contribution < 1.29 is 13.3 Å². The van der Waals surface area contributed by atoms with Crippen LogP contribution in [0, 0.1) is 13.8 Å². The van der Waals surface area contributed by atoms with E-state index >= 15 is 0 Å². The van der Waals surface area contributed by atoms with E-state index in [-0.39, 0.29) is 0 Å². The van der Waals surface area contributed by atoms with Gasteiger partial charge >= 0.3 is 0 Å². The van der Waals surface area contributed by atoms with Crippen LogP contribution >= 0.6 is 0 Å². The Hall–Kier alpha value is -18.2. The van der Waals surface area contributed by atoms with Gasteiger partial charge in [-0.15, -0.1) is 0 Å². The maximum absolute atomic E-state index is 6.65. The lowest BCUT2D eigenvalue weighted by atomic mass is 9.89. The molecule has 0 aliphatic rings. The van der Waals surface area contributed by atoms with Gasteiger partial charge in [0.15, 0.2) is 0 Å². The molecule has 0 atom stereocenters. The molecule has 0 spiro atoms. The Kier molecular flexibility index (Phi) is 18.3. The van der Waals surface area contributed by atoms with Gasteiger partial charge in [-0.25, -0.2) is 15.0 Å². The fourth-order valence-corrected chi connectivity index (χ4v) is 21.6. The van der Waals surface area contributed by atoms with Crippen molar-refractivity contribution in [2.45, 2.75) is 13.8 Å². The van der Waals surface area contributed by atoms with E-state index < -0.39 is 0 Å². The molecule has 0 bridgehead atoms. The summed E-state index contributed by atoms with van der Waals surface area (Å²) in [6, 6.07) is 147. The summed E-state index contributed by atoms with van der Waals surface area (Å²) in [6.07, 6.45) is 5.77. The minimum absolute atomic E-state index is 0.843. The molecule has 29 rings (SSSR count). The lowest BCUT2D eigenvalue weighted by Crippen LogP contribution is -1.95. The van der Waals surface area contributed by atoms with E-state index in [9.17, 15) is 0 Å². The highest BCUT2D eigenvalue weighted by Crippen LogP contribution is 2.50. The van der Waals surface area contributed by atoms with Gasteiger partial charge in [0.2, 0.25) is 0 Å². The maximum Gasteiger partial charge on any atom is 0.143 e. The number of hydrogen-bond donors (Lipinski definition) is 0. The third-order valence-corrected chi connectivity index (χ3v) is 27.9. The van der Waals surface area contributed by atoms with E-state index in [0.717, 1.165) is 215 Å². The number of fused-ring (bicyclic) bond motifs is 33. The molecule has 0 radical (unpaired) electrons. The van der Waals surface area contributed by atoms with E-state index in [1.165, 1.54) is 81.1 Å². The van der Waals surface area contributed by atoms with Crippen LogP contribution in [0.15, 0.2) is 450 Å². The normalized spacial score (nSPS) is 11.9. The predicted octanol–water partition coefficient (Wildman–Crippen LogP) is 34.9. The highest BCUT2D eigenvalue weighted by Gasteiger charge is 2.26. The largest absolute Gasteiger partial charge is 0.455 e. The van der Waals surface area contributed by atoms with Gasteiger partial charge in [0, 0.05) is 98.0 Å². The van der Waals surface area contributed by atoms with Gasteiger partial charge in [0.05, 0.1) is 68.8 Å². The van der Waals surface area contributed by atoms with Gasteiger partial charge in [-0.2, -0.15) is 0 Å². The molecule has 0 saturated heterocycles. The van der Waals surface area contributed by atoms with Crippen molar-refractivity contribution >= 4 is 196 Å². The first-order valence-corrected chi connectivity index (χ1v) is 46.5. The second kappa shape index (κ2) is 31.8. The summed E-state index contributed by atoms with van der Waals surface area (Å²) in [5.41, 5.74) is 30.2. The van der Waals surface area contributed by atoms with Crippen LogP contribution in [0.25, 0.3) is 285 Å². The van der Waals surface area contributed by atoms with E-state index in [4.69, 9.17) is 43.2 Å². The molecule has 638 valence electrons. The molecular formula is C128H78N6O3. The molecule has 0 aliphatic heterocycles. The van der Waals surface area contributed by atoms with E-state index in [1.54, 1.807) is 0 Å². The average molecular weight is 1750 g/mol. The van der Waals surface area contributed by atoms with E-state index in [0.29, 0.717) is 0 Å². The second-order valence-corrected chi connectivity index (χ2v) is 35.7. The number of furan rings is 3. The molecule has 29 aromatic rings. The third-order valence-electron chi connectivity index (χ3n) is 27.9. The van der Waals surface area contributed by atoms with Gasteiger partial charge in [-0.1, -0.05) is 364 Å². The highest BCUT2D eigenvalue weighted by molar-refractivity contribution is 6.29. The average Bonchev–Trinajstić information content (AvgIpc) is 1.73. The Morgan fingerprint density at radius 1 is 0.168 bits per heavy atom. The van der Waals surface area contributed by atoms with Crippen molar-refractivity contribution in [2.75, 3.05) is 0 Å². The quantitative estimate of drug-likeness (QED) is 0.137. The van der Waals surface area contributed by atoms with Crippen molar-refractivity contribution in [1.82, 2.24) is 29.9 Å². The van der Waals surface area contributed by atoms with Gasteiger partial charge in [-0.3, -0.25) is 15.0 Å². The van der Waals surface area contributed by atoms with Gasteiger partial charge in [-0.05, 0) is 183 Å². The van der Waals surface area contributed by atoms with Crippen molar-refractivity contribution in [1.29, 1.82) is 0 Å². The monoisotopic (exact) mass is 1750 g/mol. The highest BCUT2D eigenvalue weighted by atomic mass is 16.3. The molecule has 0 unspecified atom stereocenters. The molecular weight excluding hydrogens is 1670 g/mol. The summed E-state index contributed by atoms with van der Waals surface area (Å²) in [4.78, 5) is 30.9. The first-order chi connectivity index (χ1) is 67.8. The summed E-state index contributed by atoms with van der Waals surface area (Å²) in [5.74, 6) is 0. The number of aryl methyl sites for hydroxylation is 2. The molecule has 0 aliphatic carbocycles. The van der Waals surface area contributed by atoms with Gasteiger partial charge < -0.3 is 13.3 Å². The van der Waals surface area contributed by atoms with Crippen LogP contribution < -0.4 is 0 Å². The molecule has 137 heavy (non-hydrogen) atoms. The Morgan fingerprint density at radius 2 is 0.431 bits per heavy atom. The van der Waals surface area contributed by atoms with Crippen molar-refractivity contribution in [3.63, 3.8) is 0 Å². The van der Waals surface area contributed by atoms with Crippen molar-refractivity contribution in [3.05, 3.63) is 448 Å². The Balaban J connectivity index is 0.000000104. The smallest absolute Gasteiger partial charge is 0.143 e. The summed E-state index contributed by atoms with van der Waals surface area (Å²) >= 11 is 0. The lowest BCUT2D eigenvalue weighted by Gasteiger charge is -2.16. The van der Waals surface area contributed by atoms with E-state index in [1.807, 2.05) is 36.8 Å². The fourth-order valence-electron chi connectivity index (χ4n) is 21.6. The number of rotatable bonds is 8. The lowest BCUT2D eigenvalue weighted by molar-refractivity contribution is 0.670. The molecule has 0 N–H and O–H groups in total. The van der Waals surface area contributed by atoms with Crippen LogP contribution in [0.4, 0.5) is 0 Å². The number of benzene rings is 23. The first-order valence-electron chi connectivity index (χ1n) is 46.5. The summed E-state index contributed by atoms with van der Waals surface area (Å²) in [7, 11) is 0. The number of para-hydroxylation sites is 3. The van der Waals surface area contributed by atoms with Crippen LogP contribution in [0.5, 0.6) is 0 Å². The van der Waals surface area contributed by atoms with Gasteiger partial charge in [0.25, 0.3) is 0 Å². The fraction of sp³-hybridized carbons (Fsp3) is 0.0156. The summed E-state index contributed by atoms with van der Waals surface area (Å²) in [6.45, 7) is 4.35. The predicted molar refractivity (Wildman–Crippen MR) is 571 cm³/mol. The zero-order chi connectivity index (χ0) is 90.5. The number of aromatic nitrogens is 6. The Bertz CT molecular complexity index is 10000. The number of nitrogens with zero attached hydrogens (tertiary/aromatic N) is 6. The van der Waals surface area contributed by atoms with Crippen LogP contribution in [-0.2, 0) is 0 Å². The number of hydrogen-bond acceptors (Lipinski definition) is 9. The molecule has 9 heteroatoms. The summed E-state index contributed by atoms with van der Waals surface area (Å²) in [5, 5.41) is 28.0. The van der Waals surface area contributed by atoms with Crippen LogP contribution in [0.2, 0.25) is 0 Å². The summed E-state index contributed by atoms with van der Waals surface area (Å²) < 4.78 is 19.8. The molecule has 0 saturated carbocycles. The standard InChI is InChI=1S/2C44H26N2O.C40H26N2O/c1-2-16-32-30(11-1)25-38(44-41(32)37-21-7-8-22-40(37)47-44)29-14-9-12-27(23-29)28-13-10-15-31(24-28)39-26-45-42-35-19-5-3-17-33(35)34-18-4-6-20-36(34)43(42)46-39;1-2-14-28-27(13-1)25-38(44-41(28)37-23-11-12-24-40(37)47-44)33-19-4-3-15-29(33)30-16-5-8-20-34(30)39-26-45-42-35-21-9-6-17-31(35)32-18-7-10-22-36(32)43(42)46-39;1-23-20-33(35-22-41-38-29-15-7-5-13-27(29)28-14-6-8-16-30(28)39(38)42-35)24(2)19-32(23)34-21-25-11-3-4-12-26(25)37-31-17-9-10-18-36(31)43-40(34)37/h2*1-26H;3-22H,1-2H3. The van der Waals surface area contributed by atoms with Gasteiger partial charge in [0.1, 0.15) is 33.5 Å². The van der Waals surface area contributed by atoms with Crippen LogP contribution in [-0.4, -0.2) is 29.9 Å². The maximum atomic E-state index is 6.65. The molecule has 9 nitrogen and oxygen atoms in total. The second-order valence-electron chi connectivity index (χ2n) is 35.7. The molecule has 0 fully saturated rings. The zero-order valence-corrected chi connectivity index (χ0v) is 74.5. The minimum atomic E-state index is 0.843. The molecule has 23 aromatic carbocycles. The van der Waals surface area contributed by atoms with Crippen molar-refractivity contribution in [2.24, 2.45) is 0 Å². The zero-order valence-electron chi connectivity index (χ0n) is 74.5.